The van der Waals surface area contributed by atoms with Gasteiger partial charge in [0.15, 0.2) is 0 Å². The number of nitrogens with zero attached hydrogens (tertiary/aromatic N) is 1. The first kappa shape index (κ1) is 21.1. The Bertz CT molecular complexity index is 975. The van der Waals surface area contributed by atoms with Gasteiger partial charge in [0.2, 0.25) is 10.0 Å². The van der Waals surface area contributed by atoms with Crippen LogP contribution < -0.4 is 14.8 Å². The van der Waals surface area contributed by atoms with E-state index in [1.54, 1.807) is 31.4 Å². The molecule has 2 aromatic rings. The summed E-state index contributed by atoms with van der Waals surface area (Å²) in [7, 11) is -0.267. The number of carbonyl (C=O) groups is 1. The Morgan fingerprint density at radius 3 is 2.66 bits per heavy atom. The number of hydrogen-bond acceptors (Lipinski definition) is 5. The van der Waals surface area contributed by atoms with Gasteiger partial charge in [-0.3, -0.25) is 4.79 Å². The molecule has 0 fully saturated rings. The van der Waals surface area contributed by atoms with Gasteiger partial charge in [0, 0.05) is 19.6 Å². The fraction of sp³-hybridized carbons (Fsp3) is 0.381. The molecule has 29 heavy (non-hydrogen) atoms. The lowest BCUT2D eigenvalue weighted by Gasteiger charge is -2.28. The number of ether oxygens (including phenoxy) is 2. The van der Waals surface area contributed by atoms with E-state index in [9.17, 15) is 13.2 Å². The number of sulfonamides is 1. The molecular formula is C21H26N2O5S. The molecule has 7 nitrogen and oxygen atoms in total. The van der Waals surface area contributed by atoms with E-state index in [1.165, 1.54) is 11.4 Å². The first-order valence-electron chi connectivity index (χ1n) is 9.49. The van der Waals surface area contributed by atoms with Crippen molar-refractivity contribution in [1.82, 2.24) is 9.62 Å². The van der Waals surface area contributed by atoms with Crippen molar-refractivity contribution in [2.45, 2.75) is 19.4 Å². The van der Waals surface area contributed by atoms with Crippen LogP contribution >= 0.6 is 0 Å². The van der Waals surface area contributed by atoms with Gasteiger partial charge in [-0.05, 0) is 48.2 Å². The molecule has 0 saturated heterocycles. The highest BCUT2D eigenvalue weighted by molar-refractivity contribution is 7.89. The molecule has 0 saturated carbocycles. The minimum absolute atomic E-state index is 0.00923. The standard InChI is InChI=1S/C21H26N2O5S/c1-27-18-9-8-17-15-23(12-10-16(17)14-18)29(25,26)13-5-11-22-21(24)19-6-3-4-7-20(19)28-2/h3-4,6-9,14H,5,10-13,15H2,1-2H3,(H,22,24). The summed E-state index contributed by atoms with van der Waals surface area (Å²) in [6.07, 6.45) is 1.01. The normalized spacial score (nSPS) is 14.1. The third kappa shape index (κ3) is 5.07. The Morgan fingerprint density at radius 2 is 1.90 bits per heavy atom. The second-order valence-corrected chi connectivity index (χ2v) is 8.93. The quantitative estimate of drug-likeness (QED) is 0.665. The Morgan fingerprint density at radius 1 is 1.10 bits per heavy atom. The molecule has 0 aliphatic carbocycles. The molecule has 1 aliphatic rings. The number of nitrogens with one attached hydrogen (secondary N) is 1. The van der Waals surface area contributed by atoms with E-state index in [0.717, 1.165) is 16.9 Å². The number of carbonyl (C=O) groups excluding carboxylic acids is 1. The molecule has 156 valence electrons. The first-order chi connectivity index (χ1) is 13.9. The van der Waals surface area contributed by atoms with Gasteiger partial charge < -0.3 is 14.8 Å². The van der Waals surface area contributed by atoms with E-state index in [2.05, 4.69) is 5.32 Å². The number of amides is 1. The van der Waals surface area contributed by atoms with Gasteiger partial charge >= 0.3 is 0 Å². The molecule has 1 aliphatic heterocycles. The maximum absolute atomic E-state index is 12.7. The largest absolute Gasteiger partial charge is 0.497 e. The molecule has 0 radical (unpaired) electrons. The fourth-order valence-corrected chi connectivity index (χ4v) is 4.85. The van der Waals surface area contributed by atoms with Crippen LogP contribution in [0.15, 0.2) is 42.5 Å². The highest BCUT2D eigenvalue weighted by Gasteiger charge is 2.26. The van der Waals surface area contributed by atoms with Crippen LogP contribution in [-0.4, -0.2) is 51.7 Å². The lowest BCUT2D eigenvalue weighted by atomic mass is 10.0. The van der Waals surface area contributed by atoms with Crippen molar-refractivity contribution in [1.29, 1.82) is 0 Å². The lowest BCUT2D eigenvalue weighted by molar-refractivity contribution is 0.0950. The van der Waals surface area contributed by atoms with Crippen molar-refractivity contribution in [3.8, 4) is 11.5 Å². The zero-order valence-corrected chi connectivity index (χ0v) is 17.5. The number of methoxy groups -OCH3 is 2. The molecule has 1 N–H and O–H groups in total. The van der Waals surface area contributed by atoms with E-state index in [4.69, 9.17) is 9.47 Å². The zero-order chi connectivity index (χ0) is 20.9. The van der Waals surface area contributed by atoms with E-state index >= 15 is 0 Å². The van der Waals surface area contributed by atoms with Gasteiger partial charge in [-0.1, -0.05) is 18.2 Å². The number of hydrogen-bond donors (Lipinski definition) is 1. The van der Waals surface area contributed by atoms with Crippen molar-refractivity contribution >= 4 is 15.9 Å². The number of para-hydroxylation sites is 1. The molecule has 1 heterocycles. The molecule has 0 aromatic heterocycles. The average Bonchev–Trinajstić information content (AvgIpc) is 2.75. The van der Waals surface area contributed by atoms with E-state index in [0.29, 0.717) is 37.2 Å². The molecule has 0 spiro atoms. The van der Waals surface area contributed by atoms with E-state index in [-0.39, 0.29) is 18.2 Å². The van der Waals surface area contributed by atoms with Crippen LogP contribution in [-0.2, 0) is 23.0 Å². The Hall–Kier alpha value is -2.58. The molecule has 0 atom stereocenters. The first-order valence-corrected chi connectivity index (χ1v) is 11.1. The van der Waals surface area contributed by atoms with Gasteiger partial charge in [0.1, 0.15) is 11.5 Å². The summed E-state index contributed by atoms with van der Waals surface area (Å²) in [5.41, 5.74) is 2.56. The maximum atomic E-state index is 12.7. The molecule has 0 bridgehead atoms. The van der Waals surface area contributed by atoms with E-state index in [1.807, 2.05) is 18.2 Å². The predicted octanol–water partition coefficient (Wildman–Crippen LogP) is 2.21. The zero-order valence-electron chi connectivity index (χ0n) is 16.7. The summed E-state index contributed by atoms with van der Waals surface area (Å²) < 4.78 is 37.3. The molecule has 8 heteroatoms. The monoisotopic (exact) mass is 418 g/mol. The molecule has 3 rings (SSSR count). The van der Waals surface area contributed by atoms with Crippen molar-refractivity contribution < 1.29 is 22.7 Å². The van der Waals surface area contributed by atoms with Crippen molar-refractivity contribution in [2.75, 3.05) is 33.1 Å². The van der Waals surface area contributed by atoms with Crippen LogP contribution in [0, 0.1) is 0 Å². The van der Waals surface area contributed by atoms with E-state index < -0.39 is 10.0 Å². The number of fused-ring (bicyclic) bond motifs is 1. The van der Waals surface area contributed by atoms with Crippen LogP contribution in [0.5, 0.6) is 11.5 Å². The van der Waals surface area contributed by atoms with Crippen LogP contribution in [0.25, 0.3) is 0 Å². The van der Waals surface area contributed by atoms with Crippen molar-refractivity contribution in [3.05, 3.63) is 59.2 Å². The maximum Gasteiger partial charge on any atom is 0.255 e. The predicted molar refractivity (Wildman–Crippen MR) is 111 cm³/mol. The summed E-state index contributed by atoms with van der Waals surface area (Å²) in [5.74, 6) is 0.984. The smallest absolute Gasteiger partial charge is 0.255 e. The SMILES string of the molecule is COc1ccc2c(c1)CCN(S(=O)(=O)CCCNC(=O)c1ccccc1OC)C2. The van der Waals surface area contributed by atoms with Crippen LogP contribution in [0.2, 0.25) is 0 Å². The summed E-state index contributed by atoms with van der Waals surface area (Å²) >= 11 is 0. The fourth-order valence-electron chi connectivity index (χ4n) is 3.38. The van der Waals surface area contributed by atoms with Gasteiger partial charge in [-0.15, -0.1) is 0 Å². The Labute approximate surface area is 171 Å². The van der Waals surface area contributed by atoms with Crippen LogP contribution in [0.3, 0.4) is 0 Å². The van der Waals surface area contributed by atoms with Gasteiger partial charge in [-0.2, -0.15) is 4.31 Å². The summed E-state index contributed by atoms with van der Waals surface area (Å²) in [4.78, 5) is 12.3. The molecule has 0 unspecified atom stereocenters. The highest BCUT2D eigenvalue weighted by atomic mass is 32.2. The third-order valence-electron chi connectivity index (χ3n) is 5.00. The number of benzene rings is 2. The van der Waals surface area contributed by atoms with Crippen LogP contribution in [0.1, 0.15) is 27.9 Å². The van der Waals surface area contributed by atoms with Crippen molar-refractivity contribution in [3.63, 3.8) is 0 Å². The minimum atomic E-state index is -3.39. The second kappa shape index (κ2) is 9.28. The molecular weight excluding hydrogens is 392 g/mol. The molecule has 2 aromatic carbocycles. The topological polar surface area (TPSA) is 84.9 Å². The summed E-state index contributed by atoms with van der Waals surface area (Å²) in [6, 6.07) is 12.7. The van der Waals surface area contributed by atoms with Crippen LogP contribution in [0.4, 0.5) is 0 Å². The van der Waals surface area contributed by atoms with Crippen molar-refractivity contribution in [2.24, 2.45) is 0 Å². The summed E-state index contributed by atoms with van der Waals surface area (Å²) in [5, 5.41) is 2.76. The Balaban J connectivity index is 1.52. The molecule has 1 amide bonds. The highest BCUT2D eigenvalue weighted by Crippen LogP contribution is 2.25. The third-order valence-corrected chi connectivity index (χ3v) is 6.90. The van der Waals surface area contributed by atoms with Gasteiger partial charge in [0.05, 0.1) is 25.5 Å². The van der Waals surface area contributed by atoms with Gasteiger partial charge in [0.25, 0.3) is 5.91 Å². The lowest BCUT2D eigenvalue weighted by Crippen LogP contribution is -2.38. The Kier molecular flexibility index (Phi) is 6.76. The average molecular weight is 419 g/mol. The second-order valence-electron chi connectivity index (χ2n) is 6.84. The number of rotatable bonds is 8. The summed E-state index contributed by atoms with van der Waals surface area (Å²) in [6.45, 7) is 1.10. The minimum Gasteiger partial charge on any atom is -0.497 e. The van der Waals surface area contributed by atoms with Gasteiger partial charge in [-0.25, -0.2) is 8.42 Å².